The van der Waals surface area contributed by atoms with Crippen LogP contribution in [0.25, 0.3) is 0 Å². The first-order valence-corrected chi connectivity index (χ1v) is 7.24. The minimum Gasteiger partial charge on any atom is -0.508 e. The van der Waals surface area contributed by atoms with Crippen LogP contribution < -0.4 is 0 Å². The van der Waals surface area contributed by atoms with E-state index >= 15 is 0 Å². The van der Waals surface area contributed by atoms with Gasteiger partial charge in [-0.1, -0.05) is 32.9 Å². The normalized spacial score (nSPS) is 13.5. The second-order valence-electron chi connectivity index (χ2n) is 5.84. The number of aliphatic hydroxyl groups excluding tert-OH is 1. The second kappa shape index (κ2) is 5.35. The van der Waals surface area contributed by atoms with E-state index in [1.165, 1.54) is 4.88 Å². The molecule has 0 radical (unpaired) electrons. The summed E-state index contributed by atoms with van der Waals surface area (Å²) < 4.78 is 0. The van der Waals surface area contributed by atoms with Gasteiger partial charge in [0.05, 0.1) is 6.10 Å². The highest BCUT2D eigenvalue weighted by atomic mass is 32.1. The van der Waals surface area contributed by atoms with E-state index in [1.807, 2.05) is 12.1 Å². The van der Waals surface area contributed by atoms with Gasteiger partial charge in [0, 0.05) is 16.2 Å². The molecule has 1 aromatic carbocycles. The molecule has 102 valence electrons. The molecule has 0 fully saturated rings. The van der Waals surface area contributed by atoms with E-state index < -0.39 is 6.10 Å². The molecule has 0 aliphatic carbocycles. The lowest BCUT2D eigenvalue weighted by Gasteiger charge is -2.15. The van der Waals surface area contributed by atoms with E-state index in [9.17, 15) is 10.2 Å². The zero-order valence-corrected chi connectivity index (χ0v) is 12.4. The molecule has 0 saturated heterocycles. The van der Waals surface area contributed by atoms with Gasteiger partial charge in [0.15, 0.2) is 0 Å². The molecule has 0 spiro atoms. The van der Waals surface area contributed by atoms with Crippen molar-refractivity contribution in [3.05, 3.63) is 51.7 Å². The Balaban J connectivity index is 2.12. The molecule has 2 N–H and O–H groups in total. The third-order valence-electron chi connectivity index (χ3n) is 3.03. The molecular formula is C16H20O2S. The topological polar surface area (TPSA) is 40.5 Å². The summed E-state index contributed by atoms with van der Waals surface area (Å²) in [5.74, 6) is 0.242. The zero-order chi connectivity index (χ0) is 14.0. The van der Waals surface area contributed by atoms with E-state index in [1.54, 1.807) is 29.5 Å². The van der Waals surface area contributed by atoms with E-state index in [-0.39, 0.29) is 11.2 Å². The van der Waals surface area contributed by atoms with Crippen LogP contribution in [0.4, 0.5) is 0 Å². The van der Waals surface area contributed by atoms with Crippen molar-refractivity contribution in [1.82, 2.24) is 0 Å². The number of phenols is 1. The molecule has 1 aromatic heterocycles. The SMILES string of the molecule is CC(C)(C)c1ccc(C(O)Cc2cccc(O)c2)s1. The molecule has 0 saturated carbocycles. The summed E-state index contributed by atoms with van der Waals surface area (Å²) in [4.78, 5) is 2.26. The molecule has 0 bridgehead atoms. The maximum absolute atomic E-state index is 10.3. The first kappa shape index (κ1) is 14.1. The Bertz CT molecular complexity index is 552. The number of thiophene rings is 1. The summed E-state index contributed by atoms with van der Waals surface area (Å²) >= 11 is 1.66. The van der Waals surface area contributed by atoms with Gasteiger partial charge in [0.1, 0.15) is 5.75 Å². The molecule has 0 amide bonds. The fourth-order valence-corrected chi connectivity index (χ4v) is 2.99. The third-order valence-corrected chi connectivity index (χ3v) is 4.65. The first-order chi connectivity index (χ1) is 8.86. The minimum absolute atomic E-state index is 0.119. The predicted molar refractivity (Wildman–Crippen MR) is 79.8 cm³/mol. The lowest BCUT2D eigenvalue weighted by atomic mass is 9.95. The molecule has 3 heteroatoms. The lowest BCUT2D eigenvalue weighted by Crippen LogP contribution is -2.07. The molecule has 0 aliphatic heterocycles. The van der Waals surface area contributed by atoms with Gasteiger partial charge in [-0.05, 0) is 35.2 Å². The lowest BCUT2D eigenvalue weighted by molar-refractivity contribution is 0.182. The van der Waals surface area contributed by atoms with Crippen LogP contribution in [0.3, 0.4) is 0 Å². The average Bonchev–Trinajstić information content (AvgIpc) is 2.77. The molecule has 2 aromatic rings. The third kappa shape index (κ3) is 3.58. The summed E-state index contributed by atoms with van der Waals surface area (Å²) in [5, 5.41) is 19.7. The van der Waals surface area contributed by atoms with Crippen molar-refractivity contribution in [3.8, 4) is 5.75 Å². The number of phenolic OH excluding ortho intramolecular Hbond substituents is 1. The maximum atomic E-state index is 10.3. The van der Waals surface area contributed by atoms with Crippen LogP contribution >= 0.6 is 11.3 Å². The average molecular weight is 276 g/mol. The van der Waals surface area contributed by atoms with Gasteiger partial charge in [0.25, 0.3) is 0 Å². The Morgan fingerprint density at radius 3 is 2.47 bits per heavy atom. The van der Waals surface area contributed by atoms with Crippen LogP contribution in [0, 0.1) is 0 Å². The number of hydrogen-bond acceptors (Lipinski definition) is 3. The van der Waals surface area contributed by atoms with Crippen LogP contribution in [0.2, 0.25) is 0 Å². The number of rotatable bonds is 3. The van der Waals surface area contributed by atoms with Gasteiger partial charge in [-0.15, -0.1) is 11.3 Å². The zero-order valence-electron chi connectivity index (χ0n) is 11.6. The standard InChI is InChI=1S/C16H20O2S/c1-16(2,3)15-8-7-14(19-15)13(18)10-11-5-4-6-12(17)9-11/h4-9,13,17-18H,10H2,1-3H3. The highest BCUT2D eigenvalue weighted by Gasteiger charge is 2.19. The number of benzene rings is 1. The summed E-state index contributed by atoms with van der Waals surface area (Å²) in [6.45, 7) is 6.51. The molecule has 2 nitrogen and oxygen atoms in total. The smallest absolute Gasteiger partial charge is 0.115 e. The Labute approximate surface area is 118 Å². The van der Waals surface area contributed by atoms with Crippen molar-refractivity contribution >= 4 is 11.3 Å². The Kier molecular flexibility index (Phi) is 3.97. The minimum atomic E-state index is -0.511. The van der Waals surface area contributed by atoms with E-state index in [4.69, 9.17) is 0 Å². The van der Waals surface area contributed by atoms with Crippen LogP contribution in [0.1, 0.15) is 42.2 Å². The molecular weight excluding hydrogens is 256 g/mol. The van der Waals surface area contributed by atoms with Gasteiger partial charge < -0.3 is 10.2 Å². The van der Waals surface area contributed by atoms with Gasteiger partial charge in [-0.25, -0.2) is 0 Å². The first-order valence-electron chi connectivity index (χ1n) is 6.42. The summed E-state index contributed by atoms with van der Waals surface area (Å²) in [5.41, 5.74) is 1.06. The summed E-state index contributed by atoms with van der Waals surface area (Å²) in [7, 11) is 0. The van der Waals surface area contributed by atoms with Gasteiger partial charge in [0.2, 0.25) is 0 Å². The fraction of sp³-hybridized carbons (Fsp3) is 0.375. The fourth-order valence-electron chi connectivity index (χ4n) is 1.94. The van der Waals surface area contributed by atoms with E-state index in [0.29, 0.717) is 6.42 Å². The number of hydrogen-bond donors (Lipinski definition) is 2. The molecule has 1 atom stereocenters. The van der Waals surface area contributed by atoms with Gasteiger partial charge in [-0.2, -0.15) is 0 Å². The highest BCUT2D eigenvalue weighted by Crippen LogP contribution is 2.33. The Morgan fingerprint density at radius 2 is 1.89 bits per heavy atom. The van der Waals surface area contributed by atoms with Crippen molar-refractivity contribution in [2.75, 3.05) is 0 Å². The summed E-state index contributed by atoms with van der Waals surface area (Å²) in [6, 6.07) is 11.1. The van der Waals surface area contributed by atoms with Crippen LogP contribution in [0.15, 0.2) is 36.4 Å². The molecule has 19 heavy (non-hydrogen) atoms. The quantitative estimate of drug-likeness (QED) is 0.888. The van der Waals surface area contributed by atoms with Crippen molar-refractivity contribution in [3.63, 3.8) is 0 Å². The van der Waals surface area contributed by atoms with E-state index in [2.05, 4.69) is 26.8 Å². The Hall–Kier alpha value is -1.32. The predicted octanol–water partition coefficient (Wildman–Crippen LogP) is 4.03. The van der Waals surface area contributed by atoms with Gasteiger partial charge >= 0.3 is 0 Å². The van der Waals surface area contributed by atoms with Crippen molar-refractivity contribution < 1.29 is 10.2 Å². The summed E-state index contributed by atoms with van der Waals surface area (Å²) in [6.07, 6.45) is 0.0151. The molecule has 2 rings (SSSR count). The second-order valence-corrected chi connectivity index (χ2v) is 6.96. The van der Waals surface area contributed by atoms with Crippen LogP contribution in [-0.2, 0) is 11.8 Å². The largest absolute Gasteiger partial charge is 0.508 e. The molecule has 0 aliphatic rings. The van der Waals surface area contributed by atoms with Crippen LogP contribution in [0.5, 0.6) is 5.75 Å². The van der Waals surface area contributed by atoms with Crippen molar-refractivity contribution in [2.24, 2.45) is 0 Å². The highest BCUT2D eigenvalue weighted by molar-refractivity contribution is 7.12. The van der Waals surface area contributed by atoms with E-state index in [0.717, 1.165) is 10.4 Å². The van der Waals surface area contributed by atoms with Gasteiger partial charge in [-0.3, -0.25) is 0 Å². The van der Waals surface area contributed by atoms with Crippen LogP contribution in [-0.4, -0.2) is 10.2 Å². The Morgan fingerprint density at radius 1 is 1.16 bits per heavy atom. The van der Waals surface area contributed by atoms with Crippen molar-refractivity contribution in [2.45, 2.75) is 38.7 Å². The molecule has 1 unspecified atom stereocenters. The monoisotopic (exact) mass is 276 g/mol. The number of aliphatic hydroxyl groups is 1. The molecule has 1 heterocycles. The number of aromatic hydroxyl groups is 1. The van der Waals surface area contributed by atoms with Crippen molar-refractivity contribution in [1.29, 1.82) is 0 Å². The maximum Gasteiger partial charge on any atom is 0.115 e.